The largest absolute Gasteiger partial charge is 0.495 e. The molecule has 5 nitrogen and oxygen atoms in total. The quantitative estimate of drug-likeness (QED) is 0.355. The van der Waals surface area contributed by atoms with Crippen LogP contribution in [0.1, 0.15) is 21.7 Å². The van der Waals surface area contributed by atoms with Gasteiger partial charge in [0.25, 0.3) is 0 Å². The summed E-state index contributed by atoms with van der Waals surface area (Å²) >= 11 is 12.1. The number of anilines is 1. The number of furan rings is 1. The maximum Gasteiger partial charge on any atom is 0.230 e. The van der Waals surface area contributed by atoms with Gasteiger partial charge in [0.2, 0.25) is 11.7 Å². The molecule has 0 radical (unpaired) electrons. The number of rotatable bonds is 6. The summed E-state index contributed by atoms with van der Waals surface area (Å²) in [4.78, 5) is 25.9. The lowest BCUT2D eigenvalue weighted by atomic mass is 10.1. The summed E-state index contributed by atoms with van der Waals surface area (Å²) in [7, 11) is 1.50. The number of halogens is 2. The van der Waals surface area contributed by atoms with Crippen LogP contribution < -0.4 is 10.1 Å². The summed E-state index contributed by atoms with van der Waals surface area (Å²) in [6.07, 6.45) is 0.124. The molecule has 31 heavy (non-hydrogen) atoms. The van der Waals surface area contributed by atoms with Crippen LogP contribution in [0.15, 0.2) is 71.1 Å². The molecule has 0 unspecified atom stereocenters. The molecule has 0 aliphatic carbocycles. The van der Waals surface area contributed by atoms with E-state index < -0.39 is 5.78 Å². The predicted molar refractivity (Wildman–Crippen MR) is 121 cm³/mol. The molecule has 156 valence electrons. The first-order valence-electron chi connectivity index (χ1n) is 9.40. The molecule has 0 saturated heterocycles. The fourth-order valence-electron chi connectivity index (χ4n) is 3.24. The lowest BCUT2D eigenvalue weighted by molar-refractivity contribution is -0.115. The molecule has 4 aromatic rings. The standard InChI is InChI=1S/C24H17Cl2NO4/c1-30-20-11-8-15(13-18(20)26)23(29)24-22(17-4-2-3-5-19(17)31-24)27-21(28)12-14-6-9-16(25)10-7-14/h2-11,13H,12H2,1H3,(H,27,28). The van der Waals surface area contributed by atoms with Crippen LogP contribution in [-0.2, 0) is 11.2 Å². The first-order valence-corrected chi connectivity index (χ1v) is 10.2. The molecule has 0 saturated carbocycles. The molecule has 0 bridgehead atoms. The smallest absolute Gasteiger partial charge is 0.230 e. The van der Waals surface area contributed by atoms with Gasteiger partial charge in [-0.1, -0.05) is 47.5 Å². The van der Waals surface area contributed by atoms with Crippen molar-refractivity contribution in [3.05, 3.63) is 93.7 Å². The molecule has 1 N–H and O–H groups in total. The van der Waals surface area contributed by atoms with Crippen LogP contribution in [0, 0.1) is 0 Å². The van der Waals surface area contributed by atoms with E-state index in [1.807, 2.05) is 6.07 Å². The molecule has 1 heterocycles. The number of carbonyl (C=O) groups excluding carboxylic acids is 2. The predicted octanol–water partition coefficient (Wildman–Crippen LogP) is 6.16. The zero-order valence-electron chi connectivity index (χ0n) is 16.4. The van der Waals surface area contributed by atoms with Crippen molar-refractivity contribution < 1.29 is 18.7 Å². The highest BCUT2D eigenvalue weighted by molar-refractivity contribution is 6.32. The van der Waals surface area contributed by atoms with Crippen molar-refractivity contribution >= 4 is 51.5 Å². The number of amides is 1. The van der Waals surface area contributed by atoms with Crippen molar-refractivity contribution in [3.63, 3.8) is 0 Å². The molecule has 1 aromatic heterocycles. The van der Waals surface area contributed by atoms with Gasteiger partial charge in [-0.2, -0.15) is 0 Å². The maximum atomic E-state index is 13.2. The topological polar surface area (TPSA) is 68.5 Å². The van der Waals surface area contributed by atoms with Crippen LogP contribution in [0.25, 0.3) is 11.0 Å². The number of ether oxygens (including phenoxy) is 1. The van der Waals surface area contributed by atoms with E-state index in [0.717, 1.165) is 5.56 Å². The van der Waals surface area contributed by atoms with E-state index in [2.05, 4.69) is 5.32 Å². The van der Waals surface area contributed by atoms with Crippen LogP contribution in [0.4, 0.5) is 5.69 Å². The number of methoxy groups -OCH3 is 1. The number of hydrogen-bond acceptors (Lipinski definition) is 4. The second-order valence-corrected chi connectivity index (χ2v) is 7.68. The van der Waals surface area contributed by atoms with Crippen molar-refractivity contribution in [2.24, 2.45) is 0 Å². The minimum absolute atomic E-state index is 0.0342. The van der Waals surface area contributed by atoms with Gasteiger partial charge in [0.05, 0.1) is 24.2 Å². The first kappa shape index (κ1) is 21.0. The summed E-state index contributed by atoms with van der Waals surface area (Å²) < 4.78 is 11.0. The van der Waals surface area contributed by atoms with E-state index in [1.165, 1.54) is 13.2 Å². The molecule has 4 rings (SSSR count). The Morgan fingerprint density at radius 1 is 1.00 bits per heavy atom. The zero-order chi connectivity index (χ0) is 22.0. The minimum Gasteiger partial charge on any atom is -0.495 e. The third-order valence-electron chi connectivity index (χ3n) is 4.76. The lowest BCUT2D eigenvalue weighted by Crippen LogP contribution is -2.16. The Kier molecular flexibility index (Phi) is 5.98. The van der Waals surface area contributed by atoms with Gasteiger partial charge in [0, 0.05) is 16.0 Å². The monoisotopic (exact) mass is 453 g/mol. The Bertz CT molecular complexity index is 1280. The van der Waals surface area contributed by atoms with Gasteiger partial charge in [-0.25, -0.2) is 0 Å². The minimum atomic E-state index is -0.400. The van der Waals surface area contributed by atoms with Crippen LogP contribution in [0.2, 0.25) is 10.0 Å². The van der Waals surface area contributed by atoms with E-state index in [4.69, 9.17) is 32.4 Å². The molecule has 1 amide bonds. The second kappa shape index (κ2) is 8.84. The van der Waals surface area contributed by atoms with Crippen LogP contribution in [0.5, 0.6) is 5.75 Å². The van der Waals surface area contributed by atoms with Crippen molar-refractivity contribution in [1.29, 1.82) is 0 Å². The number of para-hydroxylation sites is 1. The molecule has 3 aromatic carbocycles. The molecule has 0 aliphatic heterocycles. The summed E-state index contributed by atoms with van der Waals surface area (Å²) in [5, 5.41) is 4.37. The van der Waals surface area contributed by atoms with Crippen molar-refractivity contribution in [2.75, 3.05) is 12.4 Å². The van der Waals surface area contributed by atoms with Crippen LogP contribution in [0.3, 0.4) is 0 Å². The van der Waals surface area contributed by atoms with Gasteiger partial charge in [0.15, 0.2) is 5.76 Å². The van der Waals surface area contributed by atoms with E-state index in [9.17, 15) is 9.59 Å². The van der Waals surface area contributed by atoms with Gasteiger partial charge >= 0.3 is 0 Å². The summed E-state index contributed by atoms with van der Waals surface area (Å²) in [5.41, 5.74) is 1.93. The van der Waals surface area contributed by atoms with Crippen LogP contribution in [-0.4, -0.2) is 18.8 Å². The SMILES string of the molecule is COc1ccc(C(=O)c2oc3ccccc3c2NC(=O)Cc2ccc(Cl)cc2)cc1Cl. The molecular weight excluding hydrogens is 437 g/mol. The first-order chi connectivity index (χ1) is 15.0. The second-order valence-electron chi connectivity index (χ2n) is 6.83. The Labute approximate surface area is 188 Å². The fourth-order valence-corrected chi connectivity index (χ4v) is 3.62. The average Bonchev–Trinajstić information content (AvgIpc) is 3.13. The summed E-state index contributed by atoms with van der Waals surface area (Å²) in [6.45, 7) is 0. The van der Waals surface area contributed by atoms with Gasteiger partial charge in [0.1, 0.15) is 11.3 Å². The summed E-state index contributed by atoms with van der Waals surface area (Å²) in [5.74, 6) is -0.190. The van der Waals surface area contributed by atoms with E-state index in [0.29, 0.717) is 38.0 Å². The number of ketones is 1. The number of carbonyl (C=O) groups is 2. The van der Waals surface area contributed by atoms with Crippen LogP contribution >= 0.6 is 23.2 Å². The van der Waals surface area contributed by atoms with E-state index in [1.54, 1.807) is 54.6 Å². The highest BCUT2D eigenvalue weighted by atomic mass is 35.5. The Hall–Kier alpha value is -3.28. The van der Waals surface area contributed by atoms with E-state index >= 15 is 0 Å². The van der Waals surface area contributed by atoms with Crippen molar-refractivity contribution in [2.45, 2.75) is 6.42 Å². The highest BCUT2D eigenvalue weighted by Gasteiger charge is 2.24. The van der Waals surface area contributed by atoms with Gasteiger partial charge in [-0.05, 0) is 48.0 Å². The Morgan fingerprint density at radius 2 is 1.74 bits per heavy atom. The molecular formula is C24H17Cl2NO4. The average molecular weight is 454 g/mol. The van der Waals surface area contributed by atoms with Crippen molar-refractivity contribution in [3.8, 4) is 5.75 Å². The Morgan fingerprint density at radius 3 is 2.45 bits per heavy atom. The number of fused-ring (bicyclic) bond motifs is 1. The number of hydrogen-bond donors (Lipinski definition) is 1. The molecule has 0 atom stereocenters. The van der Waals surface area contributed by atoms with Gasteiger partial charge in [-0.15, -0.1) is 0 Å². The maximum absolute atomic E-state index is 13.2. The third kappa shape index (κ3) is 4.43. The lowest BCUT2D eigenvalue weighted by Gasteiger charge is -2.08. The van der Waals surface area contributed by atoms with E-state index in [-0.39, 0.29) is 18.1 Å². The number of benzene rings is 3. The molecule has 0 aliphatic rings. The molecule has 0 spiro atoms. The molecule has 7 heteroatoms. The number of nitrogens with one attached hydrogen (secondary N) is 1. The normalized spacial score (nSPS) is 10.8. The molecule has 0 fully saturated rings. The van der Waals surface area contributed by atoms with Gasteiger partial charge < -0.3 is 14.5 Å². The van der Waals surface area contributed by atoms with Gasteiger partial charge in [-0.3, -0.25) is 9.59 Å². The Balaban J connectivity index is 1.68. The van der Waals surface area contributed by atoms with Crippen molar-refractivity contribution in [1.82, 2.24) is 0 Å². The summed E-state index contributed by atoms with van der Waals surface area (Å²) in [6, 6.07) is 18.8. The fraction of sp³-hybridized carbons (Fsp3) is 0.0833. The highest BCUT2D eigenvalue weighted by Crippen LogP contribution is 2.34. The third-order valence-corrected chi connectivity index (χ3v) is 5.31. The zero-order valence-corrected chi connectivity index (χ0v) is 18.0.